The van der Waals surface area contributed by atoms with Gasteiger partial charge in [0.05, 0.1) is 11.6 Å². The molecule has 1 rings (SSSR count). The van der Waals surface area contributed by atoms with Crippen LogP contribution in [0.1, 0.15) is 26.7 Å². The molecule has 0 unspecified atom stereocenters. The molecule has 0 aromatic heterocycles. The third-order valence-electron chi connectivity index (χ3n) is 2.52. The quantitative estimate of drug-likeness (QED) is 0.672. The molecule has 1 aliphatic rings. The number of likely N-dealkylation sites (tertiary alicyclic amines) is 1. The second-order valence-corrected chi connectivity index (χ2v) is 4.67. The highest BCUT2D eigenvalue weighted by Gasteiger charge is 2.28. The van der Waals surface area contributed by atoms with Gasteiger partial charge in [0.15, 0.2) is 0 Å². The third kappa shape index (κ3) is 3.27. The van der Waals surface area contributed by atoms with Crippen molar-refractivity contribution in [1.82, 2.24) is 10.2 Å². The zero-order valence-electron chi connectivity index (χ0n) is 9.21. The molecule has 4 nitrogen and oxygen atoms in total. The summed E-state index contributed by atoms with van der Waals surface area (Å²) in [5, 5.41) is 12.2. The molecule has 0 aromatic rings. The van der Waals surface area contributed by atoms with Crippen LogP contribution in [0.4, 0.5) is 0 Å². The average Bonchev–Trinajstić information content (AvgIpc) is 2.46. The topological polar surface area (TPSA) is 52.6 Å². The first-order valence-corrected chi connectivity index (χ1v) is 5.10. The summed E-state index contributed by atoms with van der Waals surface area (Å²) < 4.78 is 0. The fourth-order valence-corrected chi connectivity index (χ4v) is 1.66. The zero-order valence-corrected chi connectivity index (χ0v) is 9.21. The Hall–Kier alpha value is -0.610. The van der Waals surface area contributed by atoms with Gasteiger partial charge in [-0.1, -0.05) is 0 Å². The van der Waals surface area contributed by atoms with E-state index in [-0.39, 0.29) is 11.9 Å². The highest BCUT2D eigenvalue weighted by molar-refractivity contribution is 5.82. The monoisotopic (exact) mass is 200 g/mol. The van der Waals surface area contributed by atoms with Gasteiger partial charge in [0, 0.05) is 6.54 Å². The summed E-state index contributed by atoms with van der Waals surface area (Å²) in [7, 11) is 1.96. The van der Waals surface area contributed by atoms with E-state index in [0.717, 1.165) is 19.4 Å². The summed E-state index contributed by atoms with van der Waals surface area (Å²) in [6, 6.07) is -0.00245. The van der Waals surface area contributed by atoms with E-state index >= 15 is 0 Å². The van der Waals surface area contributed by atoms with Gasteiger partial charge in [-0.15, -0.1) is 0 Å². The lowest BCUT2D eigenvalue weighted by molar-refractivity contribution is -0.126. The Labute approximate surface area is 85.3 Å². The van der Waals surface area contributed by atoms with E-state index < -0.39 is 5.60 Å². The molecule has 1 fully saturated rings. The molecular weight excluding hydrogens is 180 g/mol. The highest BCUT2D eigenvalue weighted by atomic mass is 16.3. The first-order valence-electron chi connectivity index (χ1n) is 5.10. The molecule has 0 spiro atoms. The Morgan fingerprint density at radius 1 is 1.64 bits per heavy atom. The van der Waals surface area contributed by atoms with Crippen LogP contribution in [0, 0.1) is 0 Å². The molecule has 0 bridgehead atoms. The smallest absolute Gasteiger partial charge is 0.237 e. The van der Waals surface area contributed by atoms with E-state index in [1.807, 2.05) is 7.05 Å². The van der Waals surface area contributed by atoms with Crippen LogP contribution >= 0.6 is 0 Å². The molecule has 1 aliphatic heterocycles. The maximum Gasteiger partial charge on any atom is 0.237 e. The number of hydrogen-bond donors (Lipinski definition) is 2. The molecule has 82 valence electrons. The number of nitrogens with zero attached hydrogens (tertiary/aromatic N) is 1. The summed E-state index contributed by atoms with van der Waals surface area (Å²) in [5.74, 6) is 0.0344. The molecule has 0 saturated carbocycles. The van der Waals surface area contributed by atoms with E-state index in [9.17, 15) is 9.90 Å². The third-order valence-corrected chi connectivity index (χ3v) is 2.52. The van der Waals surface area contributed by atoms with E-state index in [1.165, 1.54) is 0 Å². The summed E-state index contributed by atoms with van der Waals surface area (Å²) in [5.41, 5.74) is -0.827. The van der Waals surface area contributed by atoms with Gasteiger partial charge in [-0.3, -0.25) is 9.69 Å². The molecule has 0 aromatic carbocycles. The van der Waals surface area contributed by atoms with Crippen LogP contribution in [0.3, 0.4) is 0 Å². The normalized spacial score (nSPS) is 23.9. The van der Waals surface area contributed by atoms with Crippen molar-refractivity contribution in [3.8, 4) is 0 Å². The van der Waals surface area contributed by atoms with Crippen molar-refractivity contribution in [2.24, 2.45) is 0 Å². The number of likely N-dealkylation sites (N-methyl/N-ethyl adjacent to an activating group) is 1. The molecule has 0 radical (unpaired) electrons. The van der Waals surface area contributed by atoms with Crippen LogP contribution < -0.4 is 5.32 Å². The Kier molecular flexibility index (Phi) is 3.50. The van der Waals surface area contributed by atoms with Crippen molar-refractivity contribution in [2.45, 2.75) is 38.3 Å². The molecule has 14 heavy (non-hydrogen) atoms. The Bertz CT molecular complexity index is 211. The first-order chi connectivity index (χ1) is 6.40. The molecule has 1 atom stereocenters. The molecule has 1 heterocycles. The lowest BCUT2D eigenvalue weighted by atomic mass is 10.1. The van der Waals surface area contributed by atoms with Crippen LogP contribution in [0.2, 0.25) is 0 Å². The van der Waals surface area contributed by atoms with Crippen molar-refractivity contribution < 1.29 is 9.90 Å². The van der Waals surface area contributed by atoms with Crippen molar-refractivity contribution in [1.29, 1.82) is 0 Å². The van der Waals surface area contributed by atoms with Gasteiger partial charge >= 0.3 is 0 Å². The SMILES string of the molecule is CN1CCC[C@H]1C(=O)NCC(C)(C)O. The highest BCUT2D eigenvalue weighted by Crippen LogP contribution is 2.14. The number of amides is 1. The molecule has 1 saturated heterocycles. The lowest BCUT2D eigenvalue weighted by Crippen LogP contribution is -2.46. The number of hydrogen-bond acceptors (Lipinski definition) is 3. The van der Waals surface area contributed by atoms with Gasteiger partial charge < -0.3 is 10.4 Å². The van der Waals surface area contributed by atoms with Crippen LogP contribution in [-0.2, 0) is 4.79 Å². The minimum atomic E-state index is -0.827. The molecule has 2 N–H and O–H groups in total. The molecule has 1 amide bonds. The van der Waals surface area contributed by atoms with Gasteiger partial charge in [-0.25, -0.2) is 0 Å². The summed E-state index contributed by atoms with van der Waals surface area (Å²) in [6.07, 6.45) is 2.01. The number of nitrogens with one attached hydrogen (secondary N) is 1. The predicted molar refractivity (Wildman–Crippen MR) is 55.0 cm³/mol. The summed E-state index contributed by atoms with van der Waals surface area (Å²) >= 11 is 0. The number of rotatable bonds is 3. The molecular formula is C10H20N2O2. The molecule has 0 aliphatic carbocycles. The van der Waals surface area contributed by atoms with Crippen LogP contribution in [-0.4, -0.2) is 47.7 Å². The standard InChI is InChI=1S/C10H20N2O2/c1-10(2,14)7-11-9(13)8-5-4-6-12(8)3/h8,14H,4-7H2,1-3H3,(H,11,13)/t8-/m0/s1. The van der Waals surface area contributed by atoms with Crippen molar-refractivity contribution in [3.63, 3.8) is 0 Å². The van der Waals surface area contributed by atoms with Gasteiger partial charge in [0.2, 0.25) is 5.91 Å². The van der Waals surface area contributed by atoms with E-state index in [2.05, 4.69) is 10.2 Å². The van der Waals surface area contributed by atoms with Crippen molar-refractivity contribution in [3.05, 3.63) is 0 Å². The Morgan fingerprint density at radius 2 is 2.29 bits per heavy atom. The van der Waals surface area contributed by atoms with Crippen LogP contribution in [0.25, 0.3) is 0 Å². The zero-order chi connectivity index (χ0) is 10.8. The average molecular weight is 200 g/mol. The Balaban J connectivity index is 2.35. The summed E-state index contributed by atoms with van der Waals surface area (Å²) in [4.78, 5) is 13.7. The fourth-order valence-electron chi connectivity index (χ4n) is 1.66. The van der Waals surface area contributed by atoms with Crippen LogP contribution in [0.15, 0.2) is 0 Å². The van der Waals surface area contributed by atoms with E-state index in [0.29, 0.717) is 6.54 Å². The largest absolute Gasteiger partial charge is 0.389 e. The van der Waals surface area contributed by atoms with Crippen LogP contribution in [0.5, 0.6) is 0 Å². The van der Waals surface area contributed by atoms with Gasteiger partial charge in [0.1, 0.15) is 0 Å². The lowest BCUT2D eigenvalue weighted by Gasteiger charge is -2.22. The Morgan fingerprint density at radius 3 is 2.71 bits per heavy atom. The van der Waals surface area contributed by atoms with E-state index in [4.69, 9.17) is 0 Å². The van der Waals surface area contributed by atoms with E-state index in [1.54, 1.807) is 13.8 Å². The van der Waals surface area contributed by atoms with Gasteiger partial charge in [-0.05, 0) is 40.3 Å². The van der Waals surface area contributed by atoms with Gasteiger partial charge in [0.25, 0.3) is 0 Å². The first kappa shape index (κ1) is 11.5. The maximum absolute atomic E-state index is 11.6. The predicted octanol–water partition coefficient (Wildman–Crippen LogP) is -0.0323. The number of carbonyl (C=O) groups excluding carboxylic acids is 1. The second kappa shape index (κ2) is 4.28. The number of aliphatic hydroxyl groups is 1. The van der Waals surface area contributed by atoms with Crippen molar-refractivity contribution >= 4 is 5.91 Å². The minimum Gasteiger partial charge on any atom is -0.389 e. The molecule has 4 heteroatoms. The number of carbonyl (C=O) groups is 1. The fraction of sp³-hybridized carbons (Fsp3) is 0.900. The van der Waals surface area contributed by atoms with Gasteiger partial charge in [-0.2, -0.15) is 0 Å². The minimum absolute atomic E-state index is 0.00245. The van der Waals surface area contributed by atoms with Crippen molar-refractivity contribution in [2.75, 3.05) is 20.1 Å². The maximum atomic E-state index is 11.6. The second-order valence-electron chi connectivity index (χ2n) is 4.67. The summed E-state index contributed by atoms with van der Waals surface area (Å²) in [6.45, 7) is 4.67.